The van der Waals surface area contributed by atoms with Gasteiger partial charge in [0.1, 0.15) is 6.04 Å². The first-order valence-corrected chi connectivity index (χ1v) is 9.19. The molecule has 1 N–H and O–H groups in total. The summed E-state index contributed by atoms with van der Waals surface area (Å²) in [4.78, 5) is 18.9. The van der Waals surface area contributed by atoms with E-state index in [2.05, 4.69) is 21.5 Å². The van der Waals surface area contributed by atoms with Gasteiger partial charge in [-0.3, -0.25) is 0 Å². The molecule has 3 aromatic rings. The number of benzene rings is 2. The Kier molecular flexibility index (Phi) is 4.96. The number of rotatable bonds is 3. The zero-order valence-corrected chi connectivity index (χ0v) is 15.6. The summed E-state index contributed by atoms with van der Waals surface area (Å²) >= 11 is 5.91. The summed E-state index contributed by atoms with van der Waals surface area (Å²) in [6.07, 6.45) is 1.60. The van der Waals surface area contributed by atoms with Gasteiger partial charge in [0.25, 0.3) is 0 Å². The lowest BCUT2D eigenvalue weighted by Gasteiger charge is -2.22. The standard InChI is InChI=1S/C20H16ClN5O2/c21-15-7-5-14(6-8-15)18-24-19(28-25-18)17-2-1-11-26(17)20(27)23-16-9-3-13(12-22)4-10-16/h3-10,17H,1-2,11H2,(H,23,27)/t17-/m0/s1. The van der Waals surface area contributed by atoms with Crippen molar-refractivity contribution in [3.8, 4) is 17.5 Å². The van der Waals surface area contributed by atoms with E-state index in [9.17, 15) is 4.79 Å². The van der Waals surface area contributed by atoms with Gasteiger partial charge < -0.3 is 14.7 Å². The Morgan fingerprint density at radius 3 is 2.68 bits per heavy atom. The molecule has 0 radical (unpaired) electrons. The van der Waals surface area contributed by atoms with Gasteiger partial charge in [-0.1, -0.05) is 16.8 Å². The molecule has 2 aromatic carbocycles. The minimum atomic E-state index is -0.271. The summed E-state index contributed by atoms with van der Waals surface area (Å²) in [5.74, 6) is 0.878. The number of amides is 2. The molecule has 1 saturated heterocycles. The summed E-state index contributed by atoms with van der Waals surface area (Å²) in [5, 5.41) is 16.4. The van der Waals surface area contributed by atoms with Crippen molar-refractivity contribution in [3.05, 3.63) is 65.0 Å². The molecule has 2 heterocycles. The quantitative estimate of drug-likeness (QED) is 0.699. The van der Waals surface area contributed by atoms with Crippen LogP contribution < -0.4 is 5.32 Å². The van der Waals surface area contributed by atoms with Crippen molar-refractivity contribution in [1.82, 2.24) is 15.0 Å². The molecule has 1 fully saturated rings. The van der Waals surface area contributed by atoms with Crippen LogP contribution in [0.2, 0.25) is 5.02 Å². The first-order chi connectivity index (χ1) is 13.6. The molecule has 0 spiro atoms. The van der Waals surface area contributed by atoms with Gasteiger partial charge in [0.15, 0.2) is 0 Å². The number of hydrogen-bond acceptors (Lipinski definition) is 5. The molecule has 4 rings (SSSR count). The average Bonchev–Trinajstić information content (AvgIpc) is 3.38. The van der Waals surface area contributed by atoms with Crippen LogP contribution in [0, 0.1) is 11.3 Å². The number of carbonyl (C=O) groups is 1. The molecule has 1 aliphatic rings. The third-order valence-corrected chi connectivity index (χ3v) is 4.86. The molecule has 1 atom stereocenters. The number of aromatic nitrogens is 2. The number of nitrogens with zero attached hydrogens (tertiary/aromatic N) is 4. The molecule has 28 heavy (non-hydrogen) atoms. The molecule has 2 amide bonds. The second-order valence-electron chi connectivity index (χ2n) is 6.43. The fourth-order valence-corrected chi connectivity index (χ4v) is 3.30. The second kappa shape index (κ2) is 7.71. The number of halogens is 1. The topological polar surface area (TPSA) is 95.1 Å². The summed E-state index contributed by atoms with van der Waals surface area (Å²) in [6.45, 7) is 0.603. The maximum absolute atomic E-state index is 12.7. The number of likely N-dealkylation sites (tertiary alicyclic amines) is 1. The lowest BCUT2D eigenvalue weighted by molar-refractivity contribution is 0.193. The van der Waals surface area contributed by atoms with Crippen molar-refractivity contribution < 1.29 is 9.32 Å². The second-order valence-corrected chi connectivity index (χ2v) is 6.87. The monoisotopic (exact) mass is 393 g/mol. The van der Waals surface area contributed by atoms with E-state index in [1.165, 1.54) is 0 Å². The molecule has 140 valence electrons. The summed E-state index contributed by atoms with van der Waals surface area (Å²) in [5.41, 5.74) is 1.96. The van der Waals surface area contributed by atoms with Crippen LogP contribution in [-0.2, 0) is 0 Å². The van der Waals surface area contributed by atoms with E-state index in [0.717, 1.165) is 18.4 Å². The molecule has 0 unspecified atom stereocenters. The molecule has 1 aliphatic heterocycles. The maximum Gasteiger partial charge on any atom is 0.322 e. The number of urea groups is 1. The Hall–Kier alpha value is -3.37. The maximum atomic E-state index is 12.7. The Bertz CT molecular complexity index is 1020. The number of carbonyl (C=O) groups excluding carboxylic acids is 1. The van der Waals surface area contributed by atoms with Gasteiger partial charge >= 0.3 is 6.03 Å². The predicted molar refractivity (Wildman–Crippen MR) is 104 cm³/mol. The van der Waals surface area contributed by atoms with Crippen molar-refractivity contribution in [1.29, 1.82) is 5.26 Å². The largest absolute Gasteiger partial charge is 0.337 e. The minimum absolute atomic E-state index is 0.238. The van der Waals surface area contributed by atoms with Gasteiger partial charge in [-0.05, 0) is 61.4 Å². The molecule has 0 saturated carbocycles. The van der Waals surface area contributed by atoms with E-state index in [-0.39, 0.29) is 12.1 Å². The Balaban J connectivity index is 1.49. The van der Waals surface area contributed by atoms with Gasteiger partial charge in [0.05, 0.1) is 11.6 Å². The number of hydrogen-bond donors (Lipinski definition) is 1. The van der Waals surface area contributed by atoms with Gasteiger partial charge in [-0.15, -0.1) is 0 Å². The Labute approximate surface area is 166 Å². The van der Waals surface area contributed by atoms with Gasteiger partial charge in [0, 0.05) is 22.8 Å². The van der Waals surface area contributed by atoms with Crippen molar-refractivity contribution in [2.24, 2.45) is 0 Å². The van der Waals surface area contributed by atoms with Crippen molar-refractivity contribution in [3.63, 3.8) is 0 Å². The van der Waals surface area contributed by atoms with Crippen LogP contribution >= 0.6 is 11.6 Å². The van der Waals surface area contributed by atoms with Gasteiger partial charge in [-0.2, -0.15) is 10.2 Å². The third kappa shape index (κ3) is 3.68. The van der Waals surface area contributed by atoms with E-state index >= 15 is 0 Å². The van der Waals surface area contributed by atoms with Gasteiger partial charge in [-0.25, -0.2) is 4.79 Å². The normalized spacial score (nSPS) is 16.0. The molecule has 0 aliphatic carbocycles. The predicted octanol–water partition coefficient (Wildman–Crippen LogP) is 4.63. The fraction of sp³-hybridized carbons (Fsp3) is 0.200. The van der Waals surface area contributed by atoms with Crippen LogP contribution in [0.4, 0.5) is 10.5 Å². The zero-order chi connectivity index (χ0) is 19.5. The highest BCUT2D eigenvalue weighted by atomic mass is 35.5. The minimum Gasteiger partial charge on any atom is -0.337 e. The molecular formula is C20H16ClN5O2. The summed E-state index contributed by atoms with van der Waals surface area (Å²) in [7, 11) is 0. The highest BCUT2D eigenvalue weighted by Gasteiger charge is 2.34. The van der Waals surface area contributed by atoms with Crippen molar-refractivity contribution >= 4 is 23.3 Å². The summed E-state index contributed by atoms with van der Waals surface area (Å²) < 4.78 is 5.44. The first-order valence-electron chi connectivity index (χ1n) is 8.81. The van der Waals surface area contributed by atoms with Crippen LogP contribution in [0.25, 0.3) is 11.4 Å². The molecular weight excluding hydrogens is 378 g/mol. The number of nitriles is 1. The van der Waals surface area contributed by atoms with Crippen molar-refractivity contribution in [2.45, 2.75) is 18.9 Å². The van der Waals surface area contributed by atoms with Crippen LogP contribution in [-0.4, -0.2) is 27.6 Å². The Morgan fingerprint density at radius 1 is 1.21 bits per heavy atom. The van der Waals surface area contributed by atoms with Gasteiger partial charge in [0.2, 0.25) is 11.7 Å². The van der Waals surface area contributed by atoms with E-state index in [1.54, 1.807) is 41.3 Å². The van der Waals surface area contributed by atoms with Crippen molar-refractivity contribution in [2.75, 3.05) is 11.9 Å². The fourth-order valence-electron chi connectivity index (χ4n) is 3.18. The number of nitrogens with one attached hydrogen (secondary N) is 1. The molecule has 0 bridgehead atoms. The van der Waals surface area contributed by atoms with E-state index in [0.29, 0.717) is 34.5 Å². The van der Waals surface area contributed by atoms with E-state index < -0.39 is 0 Å². The van der Waals surface area contributed by atoms with E-state index in [4.69, 9.17) is 21.4 Å². The highest BCUT2D eigenvalue weighted by Crippen LogP contribution is 2.32. The van der Waals surface area contributed by atoms with E-state index in [1.807, 2.05) is 12.1 Å². The van der Waals surface area contributed by atoms with Crippen LogP contribution in [0.5, 0.6) is 0 Å². The molecule has 7 nitrogen and oxygen atoms in total. The first kappa shape index (κ1) is 18.0. The van der Waals surface area contributed by atoms with Crippen LogP contribution in [0.15, 0.2) is 53.1 Å². The number of anilines is 1. The smallest absolute Gasteiger partial charge is 0.322 e. The van der Waals surface area contributed by atoms with Crippen LogP contribution in [0.1, 0.15) is 30.3 Å². The molecule has 1 aromatic heterocycles. The third-order valence-electron chi connectivity index (χ3n) is 4.61. The zero-order valence-electron chi connectivity index (χ0n) is 14.8. The molecule has 8 heteroatoms. The average molecular weight is 394 g/mol. The highest BCUT2D eigenvalue weighted by molar-refractivity contribution is 6.30. The summed E-state index contributed by atoms with van der Waals surface area (Å²) in [6, 6.07) is 15.4. The van der Waals surface area contributed by atoms with Crippen LogP contribution in [0.3, 0.4) is 0 Å². The Morgan fingerprint density at radius 2 is 1.96 bits per heavy atom. The SMILES string of the molecule is N#Cc1ccc(NC(=O)N2CCC[C@H]2c2nc(-c3ccc(Cl)cc3)no2)cc1. The lowest BCUT2D eigenvalue weighted by Crippen LogP contribution is -2.34. The lowest BCUT2D eigenvalue weighted by atomic mass is 10.2.